The van der Waals surface area contributed by atoms with E-state index in [0.717, 1.165) is 3.57 Å². The van der Waals surface area contributed by atoms with Crippen LogP contribution in [-0.4, -0.2) is 4.98 Å². The summed E-state index contributed by atoms with van der Waals surface area (Å²) >= 11 is 5.09. The topological polar surface area (TPSA) is 43.1 Å². The van der Waals surface area contributed by atoms with Gasteiger partial charge in [0.1, 0.15) is 11.0 Å². The zero-order valence-corrected chi connectivity index (χ0v) is 12.5. The fourth-order valence-corrected chi connectivity index (χ4v) is 2.52. The summed E-state index contributed by atoms with van der Waals surface area (Å²) in [6, 6.07) is 4.68. The number of benzene rings is 1. The Morgan fingerprint density at radius 3 is 2.94 bits per heavy atom. The van der Waals surface area contributed by atoms with Crippen LogP contribution in [0.25, 0.3) is 22.1 Å². The Kier molecular flexibility index (Phi) is 2.86. The second kappa shape index (κ2) is 4.27. The maximum atomic E-state index is 14.0. The average molecular weight is 420 g/mol. The second-order valence-electron chi connectivity index (χ2n) is 3.67. The summed E-state index contributed by atoms with van der Waals surface area (Å²) in [6.07, 6.45) is 1.59. The van der Waals surface area contributed by atoms with Crippen LogP contribution in [0, 0.1) is 9.39 Å². The van der Waals surface area contributed by atoms with Gasteiger partial charge in [-0.25, -0.2) is 9.37 Å². The van der Waals surface area contributed by atoms with Crippen molar-refractivity contribution in [1.82, 2.24) is 4.98 Å². The Hall–Kier alpha value is -1.02. The van der Waals surface area contributed by atoms with Crippen LogP contribution in [0.3, 0.4) is 0 Å². The first-order chi connectivity index (χ1) is 8.58. The van der Waals surface area contributed by atoms with Gasteiger partial charge in [-0.15, -0.1) is 0 Å². The molecule has 0 amide bonds. The van der Waals surface area contributed by atoms with E-state index in [1.54, 1.807) is 18.3 Å². The smallest absolute Gasteiger partial charge is 0.230 e. The number of aromatic nitrogens is 1. The van der Waals surface area contributed by atoms with Gasteiger partial charge in [-0.05, 0) is 56.7 Å². The number of fused-ring (bicyclic) bond motifs is 2. The molecule has 18 heavy (non-hydrogen) atoms. The van der Waals surface area contributed by atoms with Crippen LogP contribution in [0.1, 0.15) is 0 Å². The molecule has 0 unspecified atom stereocenters. The molecular formula is C12H4BrFINO2. The quantitative estimate of drug-likeness (QED) is 0.410. The molecule has 0 saturated carbocycles. The first-order valence-corrected chi connectivity index (χ1v) is 6.81. The fraction of sp³-hybridized carbons (Fsp3) is 0. The highest BCUT2D eigenvalue weighted by Gasteiger charge is 2.14. The first kappa shape index (κ1) is 12.0. The van der Waals surface area contributed by atoms with Gasteiger partial charge in [0.15, 0.2) is 5.82 Å². The van der Waals surface area contributed by atoms with E-state index in [1.165, 1.54) is 6.07 Å². The lowest BCUT2D eigenvalue weighted by Crippen LogP contribution is -2.05. The van der Waals surface area contributed by atoms with Crippen LogP contribution in [-0.2, 0) is 0 Å². The van der Waals surface area contributed by atoms with Crippen LogP contribution >= 0.6 is 38.5 Å². The van der Waals surface area contributed by atoms with E-state index in [9.17, 15) is 9.18 Å². The molecule has 3 aromatic rings. The Morgan fingerprint density at radius 2 is 2.17 bits per heavy atom. The number of nitrogens with zero attached hydrogens (tertiary/aromatic N) is 1. The zero-order chi connectivity index (χ0) is 12.9. The van der Waals surface area contributed by atoms with Crippen molar-refractivity contribution in [3.63, 3.8) is 0 Å². The zero-order valence-electron chi connectivity index (χ0n) is 8.71. The van der Waals surface area contributed by atoms with Crippen LogP contribution < -0.4 is 5.43 Å². The van der Waals surface area contributed by atoms with E-state index in [4.69, 9.17) is 4.42 Å². The van der Waals surface area contributed by atoms with Gasteiger partial charge in [0, 0.05) is 9.77 Å². The van der Waals surface area contributed by atoms with Crippen LogP contribution in [0.2, 0.25) is 0 Å². The molecule has 2 heterocycles. The molecular weight excluding hydrogens is 416 g/mol. The number of rotatable bonds is 0. The average Bonchev–Trinajstić information content (AvgIpc) is 2.35. The monoisotopic (exact) mass is 419 g/mol. The molecule has 0 N–H and O–H groups in total. The molecule has 3 nitrogen and oxygen atoms in total. The van der Waals surface area contributed by atoms with Crippen molar-refractivity contribution >= 4 is 60.6 Å². The van der Waals surface area contributed by atoms with Gasteiger partial charge >= 0.3 is 0 Å². The predicted molar refractivity (Wildman–Crippen MR) is 78.2 cm³/mol. The highest BCUT2D eigenvalue weighted by molar-refractivity contribution is 14.1. The molecule has 2 aromatic heterocycles. The van der Waals surface area contributed by atoms with Crippen LogP contribution in [0.4, 0.5) is 4.39 Å². The summed E-state index contributed by atoms with van der Waals surface area (Å²) in [6.45, 7) is 0. The first-order valence-electron chi connectivity index (χ1n) is 4.94. The molecule has 90 valence electrons. The van der Waals surface area contributed by atoms with E-state index >= 15 is 0 Å². The van der Waals surface area contributed by atoms with Crippen molar-refractivity contribution in [2.75, 3.05) is 0 Å². The number of hydrogen-bond donors (Lipinski definition) is 0. The molecule has 0 bridgehead atoms. The third-order valence-corrected chi connectivity index (χ3v) is 3.76. The number of hydrogen-bond acceptors (Lipinski definition) is 3. The number of halogens is 3. The van der Waals surface area contributed by atoms with E-state index in [1.807, 2.05) is 22.6 Å². The standard InChI is InChI=1S/C12H4BrFINO2/c13-7-1-2-8-9(10(7)14)11(17)6-3-5(15)4-16-12(6)18-8/h1-4H. The van der Waals surface area contributed by atoms with E-state index in [0.29, 0.717) is 0 Å². The molecule has 0 saturated heterocycles. The van der Waals surface area contributed by atoms with Crippen LogP contribution in [0.15, 0.2) is 38.1 Å². The maximum Gasteiger partial charge on any atom is 0.230 e. The van der Waals surface area contributed by atoms with Crippen molar-refractivity contribution in [3.05, 3.63) is 48.5 Å². The molecule has 0 aliphatic carbocycles. The Balaban J connectivity index is 2.62. The normalized spacial score (nSPS) is 11.3. The van der Waals surface area contributed by atoms with Crippen molar-refractivity contribution in [2.24, 2.45) is 0 Å². The predicted octanol–water partition coefficient (Wildman–Crippen LogP) is 3.85. The molecule has 0 spiro atoms. The van der Waals surface area contributed by atoms with Gasteiger partial charge in [0.05, 0.1) is 9.86 Å². The SMILES string of the molecule is O=c1c2cc(I)cnc2oc2ccc(Br)c(F)c12. The fourth-order valence-electron chi connectivity index (χ4n) is 1.74. The van der Waals surface area contributed by atoms with Gasteiger partial charge < -0.3 is 4.42 Å². The largest absolute Gasteiger partial charge is 0.437 e. The van der Waals surface area contributed by atoms with Crippen molar-refractivity contribution < 1.29 is 8.81 Å². The molecule has 0 atom stereocenters. The van der Waals surface area contributed by atoms with Crippen molar-refractivity contribution in [3.8, 4) is 0 Å². The summed E-state index contributed by atoms with van der Waals surface area (Å²) in [5, 5.41) is 0.229. The minimum atomic E-state index is -0.609. The van der Waals surface area contributed by atoms with Gasteiger partial charge in [0.25, 0.3) is 0 Å². The Labute approximate surface area is 122 Å². The van der Waals surface area contributed by atoms with E-state index in [2.05, 4.69) is 20.9 Å². The molecule has 3 rings (SSSR count). The summed E-state index contributed by atoms with van der Waals surface area (Å²) in [5.74, 6) is -0.609. The van der Waals surface area contributed by atoms with Gasteiger partial charge in [0.2, 0.25) is 11.1 Å². The minimum Gasteiger partial charge on any atom is -0.437 e. The molecule has 1 aromatic carbocycles. The maximum absolute atomic E-state index is 14.0. The molecule has 0 aliphatic rings. The molecule has 0 aliphatic heterocycles. The molecule has 0 fully saturated rings. The summed E-state index contributed by atoms with van der Waals surface area (Å²) < 4.78 is 20.4. The van der Waals surface area contributed by atoms with Gasteiger partial charge in [-0.3, -0.25) is 4.79 Å². The Bertz CT molecular complexity index is 847. The highest BCUT2D eigenvalue weighted by atomic mass is 127. The van der Waals surface area contributed by atoms with Gasteiger partial charge in [-0.1, -0.05) is 0 Å². The second-order valence-corrected chi connectivity index (χ2v) is 5.77. The highest BCUT2D eigenvalue weighted by Crippen LogP contribution is 2.25. The lowest BCUT2D eigenvalue weighted by Gasteiger charge is -2.03. The minimum absolute atomic E-state index is 0.0549. The van der Waals surface area contributed by atoms with Crippen molar-refractivity contribution in [2.45, 2.75) is 0 Å². The lowest BCUT2D eigenvalue weighted by atomic mass is 10.2. The number of pyridine rings is 1. The Morgan fingerprint density at radius 1 is 1.39 bits per heavy atom. The van der Waals surface area contributed by atoms with E-state index in [-0.39, 0.29) is 26.5 Å². The third-order valence-electron chi connectivity index (χ3n) is 2.55. The molecule has 6 heteroatoms. The van der Waals surface area contributed by atoms with E-state index < -0.39 is 11.2 Å². The third kappa shape index (κ3) is 1.74. The van der Waals surface area contributed by atoms with Crippen molar-refractivity contribution in [1.29, 1.82) is 0 Å². The summed E-state index contributed by atoms with van der Waals surface area (Å²) in [5.41, 5.74) is 0.00705. The summed E-state index contributed by atoms with van der Waals surface area (Å²) in [4.78, 5) is 16.3. The molecule has 0 radical (unpaired) electrons. The summed E-state index contributed by atoms with van der Waals surface area (Å²) in [7, 11) is 0. The lowest BCUT2D eigenvalue weighted by molar-refractivity contribution is 0.615. The van der Waals surface area contributed by atoms with Crippen LogP contribution in [0.5, 0.6) is 0 Å². The van der Waals surface area contributed by atoms with Gasteiger partial charge in [-0.2, -0.15) is 0 Å².